The van der Waals surface area contributed by atoms with Crippen LogP contribution in [0.25, 0.3) is 0 Å². The van der Waals surface area contributed by atoms with Crippen molar-refractivity contribution in [1.29, 1.82) is 0 Å². The van der Waals surface area contributed by atoms with Crippen molar-refractivity contribution in [2.24, 2.45) is 0 Å². The predicted molar refractivity (Wildman–Crippen MR) is 129 cm³/mol. The molecule has 0 N–H and O–H groups in total. The molecule has 5 rings (SSSR count). The van der Waals surface area contributed by atoms with Crippen molar-refractivity contribution in [2.45, 2.75) is 38.0 Å². The molecule has 0 bridgehead atoms. The van der Waals surface area contributed by atoms with Crippen LogP contribution < -0.4 is 4.74 Å². The number of nitrogens with zero attached hydrogens (tertiary/aromatic N) is 3. The molecule has 35 heavy (non-hydrogen) atoms. The molecule has 3 aliphatic heterocycles. The van der Waals surface area contributed by atoms with Crippen LogP contribution in [0, 0.1) is 0 Å². The lowest BCUT2D eigenvalue weighted by atomic mass is 9.73. The van der Waals surface area contributed by atoms with Crippen LogP contribution in [-0.4, -0.2) is 80.5 Å². The summed E-state index contributed by atoms with van der Waals surface area (Å²) in [5, 5.41) is 0. The molecule has 2 atom stereocenters. The summed E-state index contributed by atoms with van der Waals surface area (Å²) < 4.78 is 11.5. The average molecular weight is 469 g/mol. The van der Waals surface area contributed by atoms with Crippen LogP contribution in [0.2, 0.25) is 5.82 Å². The summed E-state index contributed by atoms with van der Waals surface area (Å²) in [6.45, 7) is 4.83. The summed E-state index contributed by atoms with van der Waals surface area (Å²) in [4.78, 5) is 41.9. The number of hydrogen-bond acceptors (Lipinski definition) is 6. The number of ether oxygens (including phenoxy) is 2. The van der Waals surface area contributed by atoms with Crippen molar-refractivity contribution >= 4 is 33.5 Å². The van der Waals surface area contributed by atoms with E-state index in [0.29, 0.717) is 28.3 Å². The third-order valence-electron chi connectivity index (χ3n) is 6.79. The van der Waals surface area contributed by atoms with E-state index in [1.807, 2.05) is 18.2 Å². The Labute approximate surface area is 207 Å². The van der Waals surface area contributed by atoms with Crippen molar-refractivity contribution in [3.63, 3.8) is 0 Å². The molecule has 176 valence electrons. The molecule has 0 spiro atoms. The highest BCUT2D eigenvalue weighted by Gasteiger charge is 2.45. The zero-order valence-electron chi connectivity index (χ0n) is 19.4. The van der Waals surface area contributed by atoms with Gasteiger partial charge in [-0.1, -0.05) is 30.3 Å². The largest absolute Gasteiger partial charge is 0.489 e. The number of piperidine rings is 1. The molecule has 4 radical (unpaired) electrons. The predicted octanol–water partition coefficient (Wildman–Crippen LogP) is 1.22. The lowest BCUT2D eigenvalue weighted by molar-refractivity contribution is -0.145. The van der Waals surface area contributed by atoms with Crippen molar-refractivity contribution in [1.82, 2.24) is 14.6 Å². The Balaban J connectivity index is 1.26. The molecule has 2 unspecified atom stereocenters. The van der Waals surface area contributed by atoms with Crippen LogP contribution in [0.4, 0.5) is 0 Å². The molecule has 2 fully saturated rings. The van der Waals surface area contributed by atoms with Crippen LogP contribution in [0.5, 0.6) is 5.75 Å². The Morgan fingerprint density at radius 2 is 1.71 bits per heavy atom. The number of amides is 3. The first-order valence-electron chi connectivity index (χ1n) is 11.7. The summed E-state index contributed by atoms with van der Waals surface area (Å²) in [7, 11) is 11.7. The summed E-state index contributed by atoms with van der Waals surface area (Å²) >= 11 is 0. The van der Waals surface area contributed by atoms with Gasteiger partial charge in [0.05, 0.1) is 27.6 Å². The number of rotatable bonds is 6. The number of imide groups is 1. The maximum absolute atomic E-state index is 13.1. The van der Waals surface area contributed by atoms with Gasteiger partial charge in [-0.15, -0.1) is 0 Å². The van der Waals surface area contributed by atoms with Crippen LogP contribution in [0.15, 0.2) is 42.5 Å². The summed E-state index contributed by atoms with van der Waals surface area (Å²) in [5.41, 5.74) is 3.40. The second-order valence-electron chi connectivity index (χ2n) is 9.12. The first-order valence-corrected chi connectivity index (χ1v) is 11.7. The standard InChI is InChI=1S/C25H25B2N3O5/c26-20-12-22(31)30(27)25(33)23(20)29-14-19-18(24(29)32)2-1-3-21(19)35-15-17-6-4-16(5-7-17)13-28-8-10-34-11-9-28/h1-7,20,23H,8-15H2. The number of morpholine rings is 1. The monoisotopic (exact) mass is 469 g/mol. The van der Waals surface area contributed by atoms with Gasteiger partial charge in [0, 0.05) is 37.2 Å². The van der Waals surface area contributed by atoms with E-state index in [9.17, 15) is 14.4 Å². The van der Waals surface area contributed by atoms with Gasteiger partial charge in [-0.2, -0.15) is 0 Å². The third kappa shape index (κ3) is 4.73. The molecule has 0 aliphatic carbocycles. The SMILES string of the molecule is [B]C1CC(=O)N([B])C(=O)C1N1Cc2c(OCc3ccc(CN4CCOCC4)cc3)cccc2C1=O. The van der Waals surface area contributed by atoms with E-state index in [1.165, 1.54) is 10.5 Å². The van der Waals surface area contributed by atoms with E-state index in [4.69, 9.17) is 25.3 Å². The fourth-order valence-electron chi connectivity index (χ4n) is 4.83. The second kappa shape index (κ2) is 9.87. The van der Waals surface area contributed by atoms with Crippen molar-refractivity contribution in [3.8, 4) is 5.75 Å². The number of carbonyl (C=O) groups is 3. The van der Waals surface area contributed by atoms with Crippen LogP contribution in [0.3, 0.4) is 0 Å². The van der Waals surface area contributed by atoms with E-state index in [2.05, 4.69) is 17.0 Å². The minimum Gasteiger partial charge on any atom is -0.489 e. The van der Waals surface area contributed by atoms with Gasteiger partial charge in [0.15, 0.2) is 0 Å². The van der Waals surface area contributed by atoms with Gasteiger partial charge in [-0.05, 0) is 29.1 Å². The molecule has 3 amide bonds. The molecular weight excluding hydrogens is 444 g/mol. The Bertz CT molecular complexity index is 1140. The smallest absolute Gasteiger partial charge is 0.255 e. The van der Waals surface area contributed by atoms with E-state index in [1.54, 1.807) is 12.1 Å². The van der Waals surface area contributed by atoms with Crippen molar-refractivity contribution < 1.29 is 23.9 Å². The molecule has 0 aromatic heterocycles. The van der Waals surface area contributed by atoms with E-state index >= 15 is 0 Å². The van der Waals surface area contributed by atoms with Gasteiger partial charge >= 0.3 is 0 Å². The molecule has 2 aromatic rings. The highest BCUT2D eigenvalue weighted by Crippen LogP contribution is 2.36. The highest BCUT2D eigenvalue weighted by molar-refractivity contribution is 6.30. The molecule has 10 heteroatoms. The Morgan fingerprint density at radius 3 is 2.46 bits per heavy atom. The van der Waals surface area contributed by atoms with Crippen molar-refractivity contribution in [3.05, 3.63) is 64.7 Å². The molecular formula is C25H25B2N3O5. The zero-order chi connectivity index (χ0) is 24.5. The molecule has 8 nitrogen and oxygen atoms in total. The number of benzene rings is 2. The van der Waals surface area contributed by atoms with Gasteiger partial charge in [0.25, 0.3) is 5.91 Å². The number of hydrogen-bond donors (Lipinski definition) is 0. The lowest BCUT2D eigenvalue weighted by Gasteiger charge is -2.38. The minimum atomic E-state index is -0.996. The van der Waals surface area contributed by atoms with Gasteiger partial charge in [0.1, 0.15) is 18.4 Å². The molecule has 0 saturated carbocycles. The van der Waals surface area contributed by atoms with E-state index < -0.39 is 23.7 Å². The normalized spacial score (nSPS) is 23.0. The number of carbonyl (C=O) groups excluding carboxylic acids is 3. The van der Waals surface area contributed by atoms with Crippen molar-refractivity contribution in [2.75, 3.05) is 26.3 Å². The maximum atomic E-state index is 13.1. The highest BCUT2D eigenvalue weighted by atomic mass is 16.5. The molecule has 2 aromatic carbocycles. The maximum Gasteiger partial charge on any atom is 0.255 e. The first-order chi connectivity index (χ1) is 16.9. The Kier molecular flexibility index (Phi) is 6.67. The fraction of sp³-hybridized carbons (Fsp3) is 0.400. The quantitative estimate of drug-likeness (QED) is 0.468. The lowest BCUT2D eigenvalue weighted by Crippen LogP contribution is -2.56. The Hall–Kier alpha value is -3.10. The minimum absolute atomic E-state index is 0.0993. The molecule has 3 aliphatic rings. The number of fused-ring (bicyclic) bond motifs is 1. The Morgan fingerprint density at radius 1 is 1.00 bits per heavy atom. The summed E-state index contributed by atoms with van der Waals surface area (Å²) in [6.07, 6.45) is -0.0993. The van der Waals surface area contributed by atoms with Crippen LogP contribution in [0.1, 0.15) is 33.5 Å². The summed E-state index contributed by atoms with van der Waals surface area (Å²) in [5.74, 6) is -1.78. The average Bonchev–Trinajstić information content (AvgIpc) is 3.19. The first kappa shape index (κ1) is 23.6. The van der Waals surface area contributed by atoms with E-state index in [0.717, 1.165) is 38.4 Å². The second-order valence-corrected chi connectivity index (χ2v) is 9.12. The van der Waals surface area contributed by atoms with Gasteiger partial charge in [0.2, 0.25) is 19.8 Å². The topological polar surface area (TPSA) is 79.4 Å². The summed E-state index contributed by atoms with van der Waals surface area (Å²) in [6, 6.07) is 12.6. The van der Waals surface area contributed by atoms with Crippen LogP contribution in [-0.2, 0) is 34.0 Å². The zero-order valence-corrected chi connectivity index (χ0v) is 19.4. The fourth-order valence-corrected chi connectivity index (χ4v) is 4.83. The van der Waals surface area contributed by atoms with Gasteiger partial charge < -0.3 is 19.2 Å². The van der Waals surface area contributed by atoms with Gasteiger partial charge in [-0.25, -0.2) is 0 Å². The van der Waals surface area contributed by atoms with Gasteiger partial charge in [-0.3, -0.25) is 19.3 Å². The van der Waals surface area contributed by atoms with Crippen LogP contribution >= 0.6 is 0 Å². The van der Waals surface area contributed by atoms with E-state index in [-0.39, 0.29) is 18.9 Å². The molecule has 2 saturated heterocycles. The molecule has 3 heterocycles. The third-order valence-corrected chi connectivity index (χ3v) is 6.79.